The zero-order chi connectivity index (χ0) is 12.8. The zero-order valence-electron chi connectivity index (χ0n) is 10.7. The van der Waals surface area contributed by atoms with Gasteiger partial charge in [-0.1, -0.05) is 25.1 Å². The number of anilines is 3. The van der Waals surface area contributed by atoms with Gasteiger partial charge in [-0.15, -0.1) is 0 Å². The predicted molar refractivity (Wildman–Crippen MR) is 75.1 cm³/mol. The van der Waals surface area contributed by atoms with Crippen molar-refractivity contribution < 1.29 is 0 Å². The molecular formula is C14H18N4. The van der Waals surface area contributed by atoms with E-state index in [2.05, 4.69) is 34.4 Å². The number of nitrogens with zero attached hydrogens (tertiary/aromatic N) is 2. The third-order valence-electron chi connectivity index (χ3n) is 2.72. The Morgan fingerprint density at radius 1 is 1.11 bits per heavy atom. The Hall–Kier alpha value is -2.10. The van der Waals surface area contributed by atoms with Crippen molar-refractivity contribution in [3.05, 3.63) is 42.7 Å². The Bertz CT molecular complexity index is 484. The van der Waals surface area contributed by atoms with Crippen LogP contribution in [-0.2, 0) is 0 Å². The van der Waals surface area contributed by atoms with Crippen LogP contribution in [-0.4, -0.2) is 16.0 Å². The maximum absolute atomic E-state index is 4.21. The number of aromatic nitrogens is 2. The van der Waals surface area contributed by atoms with Crippen molar-refractivity contribution in [3.63, 3.8) is 0 Å². The Kier molecular flexibility index (Phi) is 4.12. The molecule has 18 heavy (non-hydrogen) atoms. The summed E-state index contributed by atoms with van der Waals surface area (Å²) in [4.78, 5) is 8.41. The fourth-order valence-electron chi connectivity index (χ4n) is 1.53. The van der Waals surface area contributed by atoms with Crippen LogP contribution in [0.25, 0.3) is 0 Å². The highest BCUT2D eigenvalue weighted by atomic mass is 15.1. The standard InChI is InChI=1S/C14H18N4/c1-3-11(2)17-13-9-14(16-10-15-13)18-12-7-5-4-6-8-12/h4-11H,3H2,1-2H3,(H2,15,16,17,18). The molecular weight excluding hydrogens is 224 g/mol. The molecule has 1 aromatic carbocycles. The number of benzene rings is 1. The van der Waals surface area contributed by atoms with E-state index in [4.69, 9.17) is 0 Å². The van der Waals surface area contributed by atoms with Crippen LogP contribution in [0.2, 0.25) is 0 Å². The summed E-state index contributed by atoms with van der Waals surface area (Å²) in [7, 11) is 0. The van der Waals surface area contributed by atoms with Gasteiger partial charge < -0.3 is 10.6 Å². The SMILES string of the molecule is CCC(C)Nc1cc(Nc2ccccc2)ncn1. The summed E-state index contributed by atoms with van der Waals surface area (Å²) in [6.07, 6.45) is 2.63. The van der Waals surface area contributed by atoms with Gasteiger partial charge in [0.15, 0.2) is 0 Å². The van der Waals surface area contributed by atoms with Crippen LogP contribution >= 0.6 is 0 Å². The van der Waals surface area contributed by atoms with Crippen molar-refractivity contribution in [1.29, 1.82) is 0 Å². The minimum Gasteiger partial charge on any atom is -0.367 e. The molecule has 0 aliphatic heterocycles. The van der Waals surface area contributed by atoms with Crippen LogP contribution in [0.15, 0.2) is 42.7 Å². The van der Waals surface area contributed by atoms with E-state index >= 15 is 0 Å². The molecule has 2 N–H and O–H groups in total. The summed E-state index contributed by atoms with van der Waals surface area (Å²) >= 11 is 0. The second-order valence-electron chi connectivity index (χ2n) is 4.23. The molecule has 94 valence electrons. The van der Waals surface area contributed by atoms with Gasteiger partial charge in [0.2, 0.25) is 0 Å². The van der Waals surface area contributed by atoms with Gasteiger partial charge in [-0.25, -0.2) is 9.97 Å². The quantitative estimate of drug-likeness (QED) is 0.843. The topological polar surface area (TPSA) is 49.8 Å². The molecule has 0 bridgehead atoms. The van der Waals surface area contributed by atoms with Gasteiger partial charge in [-0.05, 0) is 25.5 Å². The molecule has 4 heteroatoms. The van der Waals surface area contributed by atoms with E-state index in [-0.39, 0.29) is 0 Å². The average Bonchev–Trinajstić information content (AvgIpc) is 2.40. The Labute approximate surface area is 107 Å². The minimum atomic E-state index is 0.407. The summed E-state index contributed by atoms with van der Waals surface area (Å²) in [5, 5.41) is 6.57. The summed E-state index contributed by atoms with van der Waals surface area (Å²) < 4.78 is 0. The molecule has 4 nitrogen and oxygen atoms in total. The fourth-order valence-corrected chi connectivity index (χ4v) is 1.53. The van der Waals surface area contributed by atoms with Gasteiger partial charge in [0, 0.05) is 17.8 Å². The van der Waals surface area contributed by atoms with E-state index in [0.29, 0.717) is 6.04 Å². The summed E-state index contributed by atoms with van der Waals surface area (Å²) in [6.45, 7) is 4.27. The van der Waals surface area contributed by atoms with Gasteiger partial charge >= 0.3 is 0 Å². The van der Waals surface area contributed by atoms with Crippen molar-refractivity contribution in [3.8, 4) is 0 Å². The van der Waals surface area contributed by atoms with Gasteiger partial charge in [-0.3, -0.25) is 0 Å². The first kappa shape index (κ1) is 12.4. The molecule has 1 heterocycles. The second-order valence-corrected chi connectivity index (χ2v) is 4.23. The highest BCUT2D eigenvalue weighted by Crippen LogP contribution is 2.16. The lowest BCUT2D eigenvalue weighted by Gasteiger charge is -2.12. The number of nitrogens with one attached hydrogen (secondary N) is 2. The minimum absolute atomic E-state index is 0.407. The highest BCUT2D eigenvalue weighted by Gasteiger charge is 2.02. The molecule has 0 radical (unpaired) electrons. The van der Waals surface area contributed by atoms with Crippen LogP contribution < -0.4 is 10.6 Å². The summed E-state index contributed by atoms with van der Waals surface area (Å²) in [6, 6.07) is 12.3. The lowest BCUT2D eigenvalue weighted by atomic mass is 10.2. The Morgan fingerprint density at radius 3 is 2.56 bits per heavy atom. The van der Waals surface area contributed by atoms with E-state index in [0.717, 1.165) is 23.7 Å². The molecule has 0 saturated heterocycles. The Balaban J connectivity index is 2.08. The van der Waals surface area contributed by atoms with Gasteiger partial charge in [-0.2, -0.15) is 0 Å². The molecule has 1 unspecified atom stereocenters. The van der Waals surface area contributed by atoms with Gasteiger partial charge in [0.1, 0.15) is 18.0 Å². The predicted octanol–water partition coefficient (Wildman–Crippen LogP) is 3.43. The van der Waals surface area contributed by atoms with E-state index < -0.39 is 0 Å². The van der Waals surface area contributed by atoms with Crippen LogP contribution in [0, 0.1) is 0 Å². The molecule has 1 atom stereocenters. The van der Waals surface area contributed by atoms with E-state index in [9.17, 15) is 0 Å². The first-order valence-corrected chi connectivity index (χ1v) is 6.18. The molecule has 2 aromatic rings. The molecule has 0 aliphatic rings. The van der Waals surface area contributed by atoms with Gasteiger partial charge in [0.25, 0.3) is 0 Å². The van der Waals surface area contributed by atoms with Crippen molar-refractivity contribution >= 4 is 17.3 Å². The van der Waals surface area contributed by atoms with Crippen LogP contribution in [0.3, 0.4) is 0 Å². The van der Waals surface area contributed by atoms with E-state index in [1.807, 2.05) is 36.4 Å². The fraction of sp³-hybridized carbons (Fsp3) is 0.286. The molecule has 0 fully saturated rings. The maximum Gasteiger partial charge on any atom is 0.135 e. The smallest absolute Gasteiger partial charge is 0.135 e. The third-order valence-corrected chi connectivity index (χ3v) is 2.72. The molecule has 0 amide bonds. The number of para-hydroxylation sites is 1. The number of rotatable bonds is 5. The van der Waals surface area contributed by atoms with E-state index in [1.54, 1.807) is 6.33 Å². The number of hydrogen-bond acceptors (Lipinski definition) is 4. The van der Waals surface area contributed by atoms with Gasteiger partial charge in [0.05, 0.1) is 0 Å². The normalized spacial score (nSPS) is 11.9. The van der Waals surface area contributed by atoms with E-state index in [1.165, 1.54) is 0 Å². The second kappa shape index (κ2) is 6.00. The molecule has 0 saturated carbocycles. The van der Waals surface area contributed by atoms with Crippen molar-refractivity contribution in [2.24, 2.45) is 0 Å². The lowest BCUT2D eigenvalue weighted by molar-refractivity contribution is 0.758. The zero-order valence-corrected chi connectivity index (χ0v) is 10.7. The van der Waals surface area contributed by atoms with Crippen LogP contribution in [0.1, 0.15) is 20.3 Å². The lowest BCUT2D eigenvalue weighted by Crippen LogP contribution is -2.14. The number of hydrogen-bond donors (Lipinski definition) is 2. The molecule has 0 spiro atoms. The van der Waals surface area contributed by atoms with Crippen molar-refractivity contribution in [2.75, 3.05) is 10.6 Å². The summed E-state index contributed by atoms with van der Waals surface area (Å²) in [5.41, 5.74) is 1.02. The summed E-state index contributed by atoms with van der Waals surface area (Å²) in [5.74, 6) is 1.64. The maximum atomic E-state index is 4.21. The van der Waals surface area contributed by atoms with Crippen LogP contribution in [0.5, 0.6) is 0 Å². The molecule has 1 aromatic heterocycles. The first-order chi connectivity index (χ1) is 8.78. The molecule has 2 rings (SSSR count). The first-order valence-electron chi connectivity index (χ1n) is 6.18. The largest absolute Gasteiger partial charge is 0.367 e. The van der Waals surface area contributed by atoms with Crippen molar-refractivity contribution in [2.45, 2.75) is 26.3 Å². The highest BCUT2D eigenvalue weighted by molar-refractivity contribution is 5.58. The molecule has 0 aliphatic carbocycles. The third kappa shape index (κ3) is 3.45. The average molecular weight is 242 g/mol. The van der Waals surface area contributed by atoms with Crippen molar-refractivity contribution in [1.82, 2.24) is 9.97 Å². The Morgan fingerprint density at radius 2 is 1.83 bits per heavy atom. The monoisotopic (exact) mass is 242 g/mol. The van der Waals surface area contributed by atoms with Crippen LogP contribution in [0.4, 0.5) is 17.3 Å².